The second kappa shape index (κ2) is 9.68. The number of hydrogen-bond acceptors (Lipinski definition) is 4. The van der Waals surface area contributed by atoms with Gasteiger partial charge in [0.15, 0.2) is 0 Å². The highest BCUT2D eigenvalue weighted by molar-refractivity contribution is 6.10. The van der Waals surface area contributed by atoms with Crippen LogP contribution in [0.4, 0.5) is 0 Å². The Morgan fingerprint density at radius 2 is 1.25 bits per heavy atom. The van der Waals surface area contributed by atoms with Gasteiger partial charge in [0.05, 0.1) is 34.0 Å². The molecular formula is C37H24N6O. The molecule has 0 atom stereocenters. The van der Waals surface area contributed by atoms with E-state index in [9.17, 15) is 0 Å². The molecule has 9 rings (SSSR count). The van der Waals surface area contributed by atoms with Crippen molar-refractivity contribution < 1.29 is 4.74 Å². The van der Waals surface area contributed by atoms with Crippen molar-refractivity contribution in [2.24, 2.45) is 0 Å². The largest absolute Gasteiger partial charge is 0.457 e. The summed E-state index contributed by atoms with van der Waals surface area (Å²) < 4.78 is 12.9. The van der Waals surface area contributed by atoms with Crippen LogP contribution in [0.1, 0.15) is 0 Å². The third-order valence-electron chi connectivity index (χ3n) is 8.13. The number of fused-ring (bicyclic) bond motifs is 6. The van der Waals surface area contributed by atoms with Crippen LogP contribution >= 0.6 is 0 Å². The summed E-state index contributed by atoms with van der Waals surface area (Å²) in [4.78, 5) is 8.86. The number of ether oxygens (including phenoxy) is 1. The standard InChI is InChI=1S/C37H24N6O/c1-3-12-32-29(10-1)30-16-15-28(23-34(30)42(32)36-14-5-6-19-39-36)44-27-9-7-8-26(22-27)43-37-31-11-2-4-13-33(31)41(35(37)24-40-43)25-17-20-38-21-18-25/h1-24H. The Balaban J connectivity index is 1.15. The fourth-order valence-electron chi connectivity index (χ4n) is 6.28. The van der Waals surface area contributed by atoms with Crippen molar-refractivity contribution in [1.29, 1.82) is 0 Å². The van der Waals surface area contributed by atoms with Crippen LogP contribution in [0.3, 0.4) is 0 Å². The first-order chi connectivity index (χ1) is 21.8. The zero-order valence-electron chi connectivity index (χ0n) is 23.4. The summed E-state index contributed by atoms with van der Waals surface area (Å²) in [6.45, 7) is 0. The first kappa shape index (κ1) is 24.4. The summed E-state index contributed by atoms with van der Waals surface area (Å²) in [5.74, 6) is 2.34. The van der Waals surface area contributed by atoms with Gasteiger partial charge in [0.2, 0.25) is 0 Å². The Morgan fingerprint density at radius 1 is 0.500 bits per heavy atom. The van der Waals surface area contributed by atoms with Gasteiger partial charge in [0.1, 0.15) is 22.8 Å². The van der Waals surface area contributed by atoms with Crippen LogP contribution < -0.4 is 4.74 Å². The van der Waals surface area contributed by atoms with Crippen molar-refractivity contribution in [1.82, 2.24) is 28.9 Å². The van der Waals surface area contributed by atoms with Gasteiger partial charge < -0.3 is 9.30 Å². The van der Waals surface area contributed by atoms with Gasteiger partial charge in [-0.3, -0.25) is 9.55 Å². The molecule has 44 heavy (non-hydrogen) atoms. The van der Waals surface area contributed by atoms with Gasteiger partial charge in [-0.1, -0.05) is 48.5 Å². The summed E-state index contributed by atoms with van der Waals surface area (Å²) in [5.41, 5.74) is 7.28. The molecule has 7 nitrogen and oxygen atoms in total. The third-order valence-corrected chi connectivity index (χ3v) is 8.13. The van der Waals surface area contributed by atoms with E-state index in [1.54, 1.807) is 0 Å². The monoisotopic (exact) mass is 568 g/mol. The second-order valence-corrected chi connectivity index (χ2v) is 10.7. The molecule has 0 bridgehead atoms. The van der Waals surface area contributed by atoms with Gasteiger partial charge in [0, 0.05) is 52.6 Å². The van der Waals surface area contributed by atoms with Crippen LogP contribution in [0.15, 0.2) is 146 Å². The zero-order valence-corrected chi connectivity index (χ0v) is 23.4. The maximum Gasteiger partial charge on any atom is 0.137 e. The summed E-state index contributed by atoms with van der Waals surface area (Å²) in [6, 6.07) is 41.1. The molecule has 0 amide bonds. The number of hydrogen-bond donors (Lipinski definition) is 0. The van der Waals surface area contributed by atoms with Crippen molar-refractivity contribution in [3.63, 3.8) is 0 Å². The molecule has 5 aromatic heterocycles. The van der Waals surface area contributed by atoms with Crippen LogP contribution in [0.5, 0.6) is 11.5 Å². The minimum Gasteiger partial charge on any atom is -0.457 e. The Hall–Kier alpha value is -6.21. The van der Waals surface area contributed by atoms with Crippen molar-refractivity contribution >= 4 is 43.7 Å². The highest BCUT2D eigenvalue weighted by Crippen LogP contribution is 2.36. The van der Waals surface area contributed by atoms with E-state index in [1.165, 1.54) is 5.39 Å². The van der Waals surface area contributed by atoms with Gasteiger partial charge in [-0.2, -0.15) is 5.10 Å². The van der Waals surface area contributed by atoms with Crippen molar-refractivity contribution in [2.45, 2.75) is 0 Å². The van der Waals surface area contributed by atoms with E-state index in [2.05, 4.69) is 85.8 Å². The fourth-order valence-corrected chi connectivity index (χ4v) is 6.28. The second-order valence-electron chi connectivity index (χ2n) is 10.7. The molecule has 0 aliphatic heterocycles. The summed E-state index contributed by atoms with van der Waals surface area (Å²) in [6.07, 6.45) is 7.37. The molecule has 0 N–H and O–H groups in total. The minimum absolute atomic E-state index is 0.726. The molecule has 0 spiro atoms. The Bertz CT molecular complexity index is 2470. The first-order valence-corrected chi connectivity index (χ1v) is 14.4. The Kier molecular flexibility index (Phi) is 5.36. The number of benzene rings is 4. The van der Waals surface area contributed by atoms with Crippen molar-refractivity contribution in [3.8, 4) is 28.7 Å². The van der Waals surface area contributed by atoms with Crippen LogP contribution in [-0.2, 0) is 0 Å². The molecule has 7 heteroatoms. The number of aromatic nitrogens is 6. The maximum atomic E-state index is 6.50. The minimum atomic E-state index is 0.726. The molecule has 5 heterocycles. The highest BCUT2D eigenvalue weighted by Gasteiger charge is 2.18. The highest BCUT2D eigenvalue weighted by atomic mass is 16.5. The maximum absolute atomic E-state index is 6.50. The lowest BCUT2D eigenvalue weighted by molar-refractivity contribution is 0.483. The molecule has 0 fully saturated rings. The summed E-state index contributed by atoms with van der Waals surface area (Å²) >= 11 is 0. The number of para-hydroxylation sites is 2. The predicted octanol–water partition coefficient (Wildman–Crippen LogP) is 8.65. The molecule has 0 saturated carbocycles. The van der Waals surface area contributed by atoms with Crippen LogP contribution in [0.2, 0.25) is 0 Å². The third kappa shape index (κ3) is 3.73. The molecule has 208 valence electrons. The SMILES string of the molecule is c1ccc(-n2c3ccccc3c3ccc(Oc4cccc(-n5ncc6c5c5ccccc5n6-c5ccncc5)c4)cc32)nc1. The molecule has 0 radical (unpaired) electrons. The molecule has 0 unspecified atom stereocenters. The van der Waals surface area contributed by atoms with E-state index in [0.717, 1.165) is 67.0 Å². The van der Waals surface area contributed by atoms with E-state index >= 15 is 0 Å². The summed E-state index contributed by atoms with van der Waals surface area (Å²) in [5, 5.41) is 8.28. The van der Waals surface area contributed by atoms with E-state index in [0.29, 0.717) is 0 Å². The molecule has 0 aliphatic carbocycles. The van der Waals surface area contributed by atoms with Gasteiger partial charge in [-0.15, -0.1) is 0 Å². The summed E-state index contributed by atoms with van der Waals surface area (Å²) in [7, 11) is 0. The lowest BCUT2D eigenvalue weighted by Gasteiger charge is -2.10. The molecule has 0 saturated heterocycles. The van der Waals surface area contributed by atoms with Gasteiger partial charge >= 0.3 is 0 Å². The van der Waals surface area contributed by atoms with E-state index in [1.807, 2.05) is 84.1 Å². The van der Waals surface area contributed by atoms with Gasteiger partial charge in [-0.25, -0.2) is 9.67 Å². The lowest BCUT2D eigenvalue weighted by atomic mass is 10.1. The average Bonchev–Trinajstić information content (AvgIpc) is 3.75. The van der Waals surface area contributed by atoms with Gasteiger partial charge in [-0.05, 0) is 60.7 Å². The zero-order chi connectivity index (χ0) is 29.0. The molecule has 0 aliphatic rings. The van der Waals surface area contributed by atoms with Crippen LogP contribution in [-0.4, -0.2) is 28.9 Å². The predicted molar refractivity (Wildman–Crippen MR) is 174 cm³/mol. The van der Waals surface area contributed by atoms with E-state index in [-0.39, 0.29) is 0 Å². The average molecular weight is 569 g/mol. The Labute approximate surface area is 251 Å². The normalized spacial score (nSPS) is 11.6. The quantitative estimate of drug-likeness (QED) is 0.208. The molecule has 4 aromatic carbocycles. The number of rotatable bonds is 5. The van der Waals surface area contributed by atoms with E-state index in [4.69, 9.17) is 9.84 Å². The molecule has 9 aromatic rings. The van der Waals surface area contributed by atoms with Crippen molar-refractivity contribution in [3.05, 3.63) is 146 Å². The van der Waals surface area contributed by atoms with Crippen LogP contribution in [0, 0.1) is 0 Å². The Morgan fingerprint density at radius 3 is 2.09 bits per heavy atom. The van der Waals surface area contributed by atoms with Gasteiger partial charge in [0.25, 0.3) is 0 Å². The molecular weight excluding hydrogens is 544 g/mol. The number of pyridine rings is 2. The van der Waals surface area contributed by atoms with Crippen LogP contribution in [0.25, 0.3) is 60.9 Å². The fraction of sp³-hybridized carbons (Fsp3) is 0. The first-order valence-electron chi connectivity index (χ1n) is 14.4. The smallest absolute Gasteiger partial charge is 0.137 e. The lowest BCUT2D eigenvalue weighted by Crippen LogP contribution is -1.97. The van der Waals surface area contributed by atoms with Crippen molar-refractivity contribution in [2.75, 3.05) is 0 Å². The van der Waals surface area contributed by atoms with E-state index < -0.39 is 0 Å². The topological polar surface area (TPSA) is 62.7 Å². The number of nitrogens with zero attached hydrogens (tertiary/aromatic N) is 6.